The van der Waals surface area contributed by atoms with Gasteiger partial charge in [-0.2, -0.15) is 0 Å². The van der Waals surface area contributed by atoms with Crippen LogP contribution in [-0.4, -0.2) is 38.5 Å². The third-order valence-electron chi connectivity index (χ3n) is 4.32. The van der Waals surface area contributed by atoms with Gasteiger partial charge in [0.15, 0.2) is 5.78 Å². The summed E-state index contributed by atoms with van der Waals surface area (Å²) in [6.45, 7) is 0.691. The molecule has 1 aliphatic heterocycles. The Bertz CT molecular complexity index is 274. The molecule has 4 heteroatoms. The van der Waals surface area contributed by atoms with Gasteiger partial charge in [0.1, 0.15) is 0 Å². The van der Waals surface area contributed by atoms with Crippen LogP contribution in [0.5, 0.6) is 0 Å². The van der Waals surface area contributed by atoms with Gasteiger partial charge < -0.3 is 14.2 Å². The zero-order chi connectivity index (χ0) is 13.0. The lowest BCUT2D eigenvalue weighted by Gasteiger charge is -2.43. The lowest BCUT2D eigenvalue weighted by atomic mass is 9.75. The smallest absolute Gasteiger partial charge is 0.217 e. The molecule has 0 amide bonds. The number of methoxy groups -OCH3 is 2. The van der Waals surface area contributed by atoms with E-state index in [9.17, 15) is 4.79 Å². The van der Waals surface area contributed by atoms with Crippen LogP contribution in [0.3, 0.4) is 0 Å². The minimum absolute atomic E-state index is 0.0294. The SMILES string of the molecule is COC(OC)C(=O)C1CCOC2(CCCCC2)C1. The summed E-state index contributed by atoms with van der Waals surface area (Å²) in [7, 11) is 3.03. The molecule has 1 heterocycles. The van der Waals surface area contributed by atoms with Gasteiger partial charge in [-0.05, 0) is 25.7 Å². The highest BCUT2D eigenvalue weighted by atomic mass is 16.7. The van der Waals surface area contributed by atoms with Crippen molar-refractivity contribution >= 4 is 5.78 Å². The normalized spacial score (nSPS) is 27.6. The molecule has 2 rings (SSSR count). The van der Waals surface area contributed by atoms with Crippen molar-refractivity contribution in [2.75, 3.05) is 20.8 Å². The Hall–Kier alpha value is -0.450. The van der Waals surface area contributed by atoms with Crippen LogP contribution in [0.25, 0.3) is 0 Å². The van der Waals surface area contributed by atoms with Crippen molar-refractivity contribution < 1.29 is 19.0 Å². The number of ether oxygens (including phenoxy) is 3. The number of ketones is 1. The first-order chi connectivity index (χ1) is 8.71. The van der Waals surface area contributed by atoms with Gasteiger partial charge in [0.25, 0.3) is 0 Å². The average molecular weight is 256 g/mol. The van der Waals surface area contributed by atoms with Gasteiger partial charge in [0, 0.05) is 26.7 Å². The summed E-state index contributed by atoms with van der Waals surface area (Å²) in [5.41, 5.74) is -0.0388. The maximum atomic E-state index is 12.3. The van der Waals surface area contributed by atoms with Gasteiger partial charge in [0.2, 0.25) is 6.29 Å². The number of hydrogen-bond acceptors (Lipinski definition) is 4. The predicted octanol–water partition coefficient (Wildman–Crippen LogP) is 2.30. The number of rotatable bonds is 4. The Labute approximate surface area is 109 Å². The van der Waals surface area contributed by atoms with Crippen LogP contribution in [0.2, 0.25) is 0 Å². The summed E-state index contributed by atoms with van der Waals surface area (Å²) in [5.74, 6) is 0.106. The van der Waals surface area contributed by atoms with Crippen molar-refractivity contribution in [3.05, 3.63) is 0 Å². The van der Waals surface area contributed by atoms with E-state index in [4.69, 9.17) is 14.2 Å². The van der Waals surface area contributed by atoms with Crippen LogP contribution in [0, 0.1) is 5.92 Å². The maximum Gasteiger partial charge on any atom is 0.217 e. The highest BCUT2D eigenvalue weighted by molar-refractivity contribution is 5.84. The summed E-state index contributed by atoms with van der Waals surface area (Å²) in [4.78, 5) is 12.3. The molecule has 1 unspecified atom stereocenters. The predicted molar refractivity (Wildman–Crippen MR) is 67.3 cm³/mol. The molecule has 1 saturated heterocycles. The molecule has 0 bridgehead atoms. The molecule has 0 aromatic heterocycles. The fraction of sp³-hybridized carbons (Fsp3) is 0.929. The molecule has 0 aromatic carbocycles. The topological polar surface area (TPSA) is 44.8 Å². The number of carbonyl (C=O) groups is 1. The van der Waals surface area contributed by atoms with E-state index < -0.39 is 6.29 Å². The molecule has 104 valence electrons. The lowest BCUT2D eigenvalue weighted by molar-refractivity contribution is -0.172. The van der Waals surface area contributed by atoms with E-state index in [1.807, 2.05) is 0 Å². The summed E-state index contributed by atoms with van der Waals surface area (Å²) < 4.78 is 16.2. The van der Waals surface area contributed by atoms with E-state index in [0.29, 0.717) is 6.61 Å². The van der Waals surface area contributed by atoms with Crippen molar-refractivity contribution in [2.45, 2.75) is 56.8 Å². The van der Waals surface area contributed by atoms with Gasteiger partial charge in [0.05, 0.1) is 5.60 Å². The van der Waals surface area contributed by atoms with E-state index in [1.54, 1.807) is 0 Å². The second-order valence-electron chi connectivity index (χ2n) is 5.49. The molecule has 1 saturated carbocycles. The Balaban J connectivity index is 1.99. The minimum Gasteiger partial charge on any atom is -0.375 e. The minimum atomic E-state index is -0.714. The van der Waals surface area contributed by atoms with Crippen LogP contribution < -0.4 is 0 Å². The van der Waals surface area contributed by atoms with Gasteiger partial charge in [-0.25, -0.2) is 0 Å². The molecule has 2 fully saturated rings. The third kappa shape index (κ3) is 2.92. The standard InChI is InChI=1S/C14H24O4/c1-16-13(17-2)12(15)11-6-9-18-14(10-11)7-4-3-5-8-14/h11,13H,3-10H2,1-2H3. The summed E-state index contributed by atoms with van der Waals surface area (Å²) in [6, 6.07) is 0. The largest absolute Gasteiger partial charge is 0.375 e. The van der Waals surface area contributed by atoms with E-state index in [0.717, 1.165) is 25.7 Å². The van der Waals surface area contributed by atoms with Gasteiger partial charge in [-0.15, -0.1) is 0 Å². The second-order valence-corrected chi connectivity index (χ2v) is 5.49. The van der Waals surface area contributed by atoms with Crippen molar-refractivity contribution in [3.63, 3.8) is 0 Å². The van der Waals surface area contributed by atoms with Crippen LogP contribution in [0.1, 0.15) is 44.9 Å². The van der Waals surface area contributed by atoms with E-state index in [-0.39, 0.29) is 17.3 Å². The monoisotopic (exact) mass is 256 g/mol. The molecule has 0 N–H and O–H groups in total. The van der Waals surface area contributed by atoms with Gasteiger partial charge >= 0.3 is 0 Å². The molecule has 1 atom stereocenters. The maximum absolute atomic E-state index is 12.3. The van der Waals surface area contributed by atoms with Crippen LogP contribution in [-0.2, 0) is 19.0 Å². The Morgan fingerprint density at radius 1 is 1.22 bits per heavy atom. The molecule has 1 aliphatic carbocycles. The molecule has 2 aliphatic rings. The van der Waals surface area contributed by atoms with E-state index >= 15 is 0 Å². The first-order valence-corrected chi connectivity index (χ1v) is 6.94. The number of Topliss-reactive ketones (excluding diaryl/α,β-unsaturated/α-hetero) is 1. The average Bonchev–Trinajstić information content (AvgIpc) is 2.41. The van der Waals surface area contributed by atoms with Gasteiger partial charge in [-0.1, -0.05) is 19.3 Å². The number of carbonyl (C=O) groups excluding carboxylic acids is 1. The molecule has 18 heavy (non-hydrogen) atoms. The van der Waals surface area contributed by atoms with E-state index in [2.05, 4.69) is 0 Å². The zero-order valence-corrected chi connectivity index (χ0v) is 11.4. The summed E-state index contributed by atoms with van der Waals surface area (Å²) in [6.07, 6.45) is 6.86. The molecular formula is C14H24O4. The molecule has 4 nitrogen and oxygen atoms in total. The quantitative estimate of drug-likeness (QED) is 0.724. The second kappa shape index (κ2) is 6.13. The summed E-state index contributed by atoms with van der Waals surface area (Å²) in [5, 5.41) is 0. The van der Waals surface area contributed by atoms with Crippen molar-refractivity contribution in [2.24, 2.45) is 5.92 Å². The highest BCUT2D eigenvalue weighted by Crippen LogP contribution is 2.41. The lowest BCUT2D eigenvalue weighted by Crippen LogP contribution is -2.45. The fourth-order valence-corrected chi connectivity index (χ4v) is 3.34. The van der Waals surface area contributed by atoms with Gasteiger partial charge in [-0.3, -0.25) is 4.79 Å². The Morgan fingerprint density at radius 3 is 2.50 bits per heavy atom. The van der Waals surface area contributed by atoms with Crippen molar-refractivity contribution in [3.8, 4) is 0 Å². The summed E-state index contributed by atoms with van der Waals surface area (Å²) >= 11 is 0. The van der Waals surface area contributed by atoms with E-state index in [1.165, 1.54) is 33.5 Å². The molecule has 0 aromatic rings. The highest BCUT2D eigenvalue weighted by Gasteiger charge is 2.42. The van der Waals surface area contributed by atoms with Crippen LogP contribution in [0.4, 0.5) is 0 Å². The molecular weight excluding hydrogens is 232 g/mol. The zero-order valence-electron chi connectivity index (χ0n) is 11.4. The van der Waals surface area contributed by atoms with Crippen molar-refractivity contribution in [1.29, 1.82) is 0 Å². The third-order valence-corrected chi connectivity index (χ3v) is 4.32. The van der Waals surface area contributed by atoms with Crippen LogP contribution >= 0.6 is 0 Å². The van der Waals surface area contributed by atoms with Crippen LogP contribution in [0.15, 0.2) is 0 Å². The first kappa shape index (κ1) is 14.0. The Kier molecular flexibility index (Phi) is 4.76. The fourth-order valence-electron chi connectivity index (χ4n) is 3.34. The number of hydrogen-bond donors (Lipinski definition) is 0. The first-order valence-electron chi connectivity index (χ1n) is 6.94. The molecule has 0 radical (unpaired) electrons. The molecule has 1 spiro atoms. The van der Waals surface area contributed by atoms with Crippen molar-refractivity contribution in [1.82, 2.24) is 0 Å². The Morgan fingerprint density at radius 2 is 1.89 bits per heavy atom.